The molecule has 2 aliphatic rings. The zero-order valence-electron chi connectivity index (χ0n) is 13.4. The van der Waals surface area contributed by atoms with E-state index in [0.717, 1.165) is 50.3 Å². The quantitative estimate of drug-likeness (QED) is 0.901. The first-order valence-corrected chi connectivity index (χ1v) is 7.98. The van der Waals surface area contributed by atoms with Crippen LogP contribution in [0.1, 0.15) is 22.3 Å². The average Bonchev–Trinajstić information content (AvgIpc) is 3.00. The Hall–Kier alpha value is -1.37. The highest BCUT2D eigenvalue weighted by molar-refractivity contribution is 5.95. The van der Waals surface area contributed by atoms with Crippen molar-refractivity contribution < 1.29 is 14.3 Å². The molecule has 2 saturated heterocycles. The van der Waals surface area contributed by atoms with Crippen molar-refractivity contribution in [2.75, 3.05) is 46.5 Å². The Morgan fingerprint density at radius 1 is 1.32 bits per heavy atom. The molecule has 3 heterocycles. The molecule has 1 aromatic heterocycles. The van der Waals surface area contributed by atoms with Crippen molar-refractivity contribution in [3.63, 3.8) is 0 Å². The number of nitrogens with one attached hydrogen (secondary N) is 1. The van der Waals surface area contributed by atoms with Gasteiger partial charge >= 0.3 is 0 Å². The molecule has 6 nitrogen and oxygen atoms in total. The SMILES string of the molecule is COC1COCCC1N1CCN(C(=O)c2c[nH]cc2C)CC1. The number of methoxy groups -OCH3 is 1. The van der Waals surface area contributed by atoms with Gasteiger partial charge in [-0.25, -0.2) is 0 Å². The standard InChI is InChI=1S/C16H25N3O3/c1-12-9-17-10-13(12)16(20)19-6-4-18(5-7-19)14-3-8-22-11-15(14)21-2/h9-10,14-15,17H,3-8,11H2,1-2H3. The zero-order valence-corrected chi connectivity index (χ0v) is 13.4. The second-order valence-electron chi connectivity index (χ2n) is 6.09. The van der Waals surface area contributed by atoms with Crippen molar-refractivity contribution in [2.45, 2.75) is 25.5 Å². The van der Waals surface area contributed by atoms with Crippen molar-refractivity contribution in [1.82, 2.24) is 14.8 Å². The maximum atomic E-state index is 12.5. The Balaban J connectivity index is 1.58. The molecule has 0 radical (unpaired) electrons. The largest absolute Gasteiger partial charge is 0.379 e. The van der Waals surface area contributed by atoms with Crippen molar-refractivity contribution in [3.8, 4) is 0 Å². The number of rotatable bonds is 3. The Bertz CT molecular complexity index is 508. The third-order valence-electron chi connectivity index (χ3n) is 4.83. The van der Waals surface area contributed by atoms with Gasteiger partial charge in [0.15, 0.2) is 0 Å². The minimum Gasteiger partial charge on any atom is -0.379 e. The molecular weight excluding hydrogens is 282 g/mol. The number of carbonyl (C=O) groups is 1. The average molecular weight is 307 g/mol. The Kier molecular flexibility index (Phi) is 4.81. The fraction of sp³-hybridized carbons (Fsp3) is 0.688. The molecule has 0 spiro atoms. The summed E-state index contributed by atoms with van der Waals surface area (Å²) in [6, 6.07) is 0.407. The van der Waals surface area contributed by atoms with Gasteiger partial charge in [-0.1, -0.05) is 0 Å². The first kappa shape index (κ1) is 15.5. The van der Waals surface area contributed by atoms with E-state index in [2.05, 4.69) is 9.88 Å². The van der Waals surface area contributed by atoms with Gasteiger partial charge in [0, 0.05) is 58.3 Å². The Morgan fingerprint density at radius 2 is 2.09 bits per heavy atom. The highest BCUT2D eigenvalue weighted by Gasteiger charge is 2.33. The molecule has 1 N–H and O–H groups in total. The fourth-order valence-electron chi connectivity index (χ4n) is 3.44. The van der Waals surface area contributed by atoms with Crippen LogP contribution in [0.2, 0.25) is 0 Å². The lowest BCUT2D eigenvalue weighted by atomic mass is 10.0. The molecule has 2 atom stereocenters. The maximum Gasteiger partial charge on any atom is 0.255 e. The van der Waals surface area contributed by atoms with Crippen LogP contribution in [-0.2, 0) is 9.47 Å². The van der Waals surface area contributed by atoms with Gasteiger partial charge in [0.05, 0.1) is 18.3 Å². The fourth-order valence-corrected chi connectivity index (χ4v) is 3.44. The van der Waals surface area contributed by atoms with Crippen LogP contribution in [-0.4, -0.2) is 79.3 Å². The van der Waals surface area contributed by atoms with Crippen molar-refractivity contribution in [3.05, 3.63) is 23.5 Å². The number of aromatic amines is 1. The summed E-state index contributed by atoms with van der Waals surface area (Å²) in [7, 11) is 1.75. The number of nitrogens with zero attached hydrogens (tertiary/aromatic N) is 2. The highest BCUT2D eigenvalue weighted by Crippen LogP contribution is 2.20. The summed E-state index contributed by atoms with van der Waals surface area (Å²) in [4.78, 5) is 19.9. The van der Waals surface area contributed by atoms with Crippen LogP contribution in [0.25, 0.3) is 0 Å². The van der Waals surface area contributed by atoms with Crippen molar-refractivity contribution in [1.29, 1.82) is 0 Å². The van der Waals surface area contributed by atoms with Gasteiger partial charge < -0.3 is 19.4 Å². The molecule has 122 valence electrons. The number of piperazine rings is 1. The molecule has 0 aromatic carbocycles. The molecule has 22 heavy (non-hydrogen) atoms. The molecule has 0 aliphatic carbocycles. The summed E-state index contributed by atoms with van der Waals surface area (Å²) in [5, 5.41) is 0. The van der Waals surface area contributed by atoms with Crippen molar-refractivity contribution >= 4 is 5.91 Å². The van der Waals surface area contributed by atoms with Crippen LogP contribution in [0, 0.1) is 6.92 Å². The second-order valence-corrected chi connectivity index (χ2v) is 6.09. The molecule has 3 rings (SSSR count). The van der Waals surface area contributed by atoms with Gasteiger partial charge in [0.25, 0.3) is 5.91 Å². The number of ether oxygens (including phenoxy) is 2. The second kappa shape index (κ2) is 6.81. The molecule has 1 aromatic rings. The third-order valence-corrected chi connectivity index (χ3v) is 4.83. The van der Waals surface area contributed by atoms with Gasteiger partial charge in [0.2, 0.25) is 0 Å². The van der Waals surface area contributed by atoms with Crippen LogP contribution in [0.15, 0.2) is 12.4 Å². The number of aryl methyl sites for hydroxylation is 1. The summed E-state index contributed by atoms with van der Waals surface area (Å²) in [6.07, 6.45) is 4.81. The summed E-state index contributed by atoms with van der Waals surface area (Å²) in [5.41, 5.74) is 1.80. The van der Waals surface area contributed by atoms with Gasteiger partial charge in [0.1, 0.15) is 0 Å². The van der Waals surface area contributed by atoms with Crippen LogP contribution in [0.4, 0.5) is 0 Å². The van der Waals surface area contributed by atoms with E-state index < -0.39 is 0 Å². The normalized spacial score (nSPS) is 27.1. The zero-order chi connectivity index (χ0) is 15.5. The van der Waals surface area contributed by atoms with Gasteiger partial charge in [-0.05, 0) is 18.9 Å². The lowest BCUT2D eigenvalue weighted by molar-refractivity contribution is -0.0886. The first-order chi connectivity index (χ1) is 10.7. The summed E-state index contributed by atoms with van der Waals surface area (Å²) < 4.78 is 11.1. The Morgan fingerprint density at radius 3 is 2.73 bits per heavy atom. The number of aromatic nitrogens is 1. The van der Waals surface area contributed by atoms with E-state index in [-0.39, 0.29) is 12.0 Å². The number of amides is 1. The molecule has 2 fully saturated rings. The monoisotopic (exact) mass is 307 g/mol. The molecule has 6 heteroatoms. The van der Waals surface area contributed by atoms with Crippen LogP contribution in [0.5, 0.6) is 0 Å². The summed E-state index contributed by atoms with van der Waals surface area (Å²) in [5.74, 6) is 0.133. The molecular formula is C16H25N3O3. The van der Waals surface area contributed by atoms with E-state index in [1.54, 1.807) is 13.3 Å². The number of carbonyl (C=O) groups excluding carboxylic acids is 1. The van der Waals surface area contributed by atoms with Gasteiger partial charge in [-0.15, -0.1) is 0 Å². The number of H-pyrrole nitrogens is 1. The van der Waals surface area contributed by atoms with Crippen LogP contribution < -0.4 is 0 Å². The molecule has 0 bridgehead atoms. The number of hydrogen-bond donors (Lipinski definition) is 1. The molecule has 2 unspecified atom stereocenters. The predicted molar refractivity (Wildman–Crippen MR) is 83.0 cm³/mol. The van der Waals surface area contributed by atoms with Crippen LogP contribution in [0.3, 0.4) is 0 Å². The van der Waals surface area contributed by atoms with E-state index in [0.29, 0.717) is 12.6 Å². The lowest BCUT2D eigenvalue weighted by Gasteiger charge is -2.43. The lowest BCUT2D eigenvalue weighted by Crippen LogP contribution is -2.57. The Labute approximate surface area is 131 Å². The third kappa shape index (κ3) is 3.04. The van der Waals surface area contributed by atoms with E-state index in [4.69, 9.17) is 9.47 Å². The number of hydrogen-bond acceptors (Lipinski definition) is 4. The van der Waals surface area contributed by atoms with Gasteiger partial charge in [-0.2, -0.15) is 0 Å². The smallest absolute Gasteiger partial charge is 0.255 e. The van der Waals surface area contributed by atoms with Gasteiger partial charge in [-0.3, -0.25) is 9.69 Å². The molecule has 1 amide bonds. The highest BCUT2D eigenvalue weighted by atomic mass is 16.5. The summed E-state index contributed by atoms with van der Waals surface area (Å²) >= 11 is 0. The maximum absolute atomic E-state index is 12.5. The van der Waals surface area contributed by atoms with Crippen molar-refractivity contribution in [2.24, 2.45) is 0 Å². The minimum atomic E-state index is 0.133. The first-order valence-electron chi connectivity index (χ1n) is 7.98. The van der Waals surface area contributed by atoms with E-state index in [9.17, 15) is 4.79 Å². The molecule has 2 aliphatic heterocycles. The van der Waals surface area contributed by atoms with E-state index in [1.165, 1.54) is 0 Å². The minimum absolute atomic E-state index is 0.133. The predicted octanol–water partition coefficient (Wildman–Crippen LogP) is 0.885. The van der Waals surface area contributed by atoms with E-state index in [1.807, 2.05) is 18.0 Å². The molecule has 0 saturated carbocycles. The van der Waals surface area contributed by atoms with Crippen LogP contribution >= 0.6 is 0 Å². The topological polar surface area (TPSA) is 57.8 Å². The summed E-state index contributed by atoms with van der Waals surface area (Å²) in [6.45, 7) is 6.79. The van der Waals surface area contributed by atoms with E-state index >= 15 is 0 Å².